The van der Waals surface area contributed by atoms with Crippen LogP contribution in [0, 0.1) is 20.2 Å². The first-order valence-corrected chi connectivity index (χ1v) is 12.1. The summed E-state index contributed by atoms with van der Waals surface area (Å²) in [5.74, 6) is -1.09. The number of nitro benzene ring substituents is 2. The van der Waals surface area contributed by atoms with Crippen LogP contribution in [0.25, 0.3) is 0 Å². The van der Waals surface area contributed by atoms with Gasteiger partial charge < -0.3 is 28.0 Å². The molecule has 2 fully saturated rings. The lowest BCUT2D eigenvalue weighted by atomic mass is 10.1. The molecule has 15 heteroatoms. The van der Waals surface area contributed by atoms with Crippen molar-refractivity contribution >= 4 is 19.2 Å². The van der Waals surface area contributed by atoms with Gasteiger partial charge in [-0.05, 0) is 38.1 Å². The number of fused-ring (bicyclic) bond motifs is 1. The third kappa shape index (κ3) is 5.81. The summed E-state index contributed by atoms with van der Waals surface area (Å²) in [6, 6.07) is 9.49. The van der Waals surface area contributed by atoms with Gasteiger partial charge in [-0.2, -0.15) is 0 Å². The third-order valence-corrected chi connectivity index (χ3v) is 6.54. The quantitative estimate of drug-likeness (QED) is 0.248. The molecule has 2 aliphatic heterocycles. The lowest BCUT2D eigenvalue weighted by Gasteiger charge is -2.26. The molecule has 0 unspecified atom stereocenters. The van der Waals surface area contributed by atoms with Gasteiger partial charge >= 0.3 is 7.82 Å². The normalized spacial score (nSPS) is 24.8. The highest BCUT2D eigenvalue weighted by molar-refractivity contribution is 7.49. The Balaban J connectivity index is 1.61. The molecule has 2 aromatic carbocycles. The Morgan fingerprint density at radius 1 is 0.889 bits per heavy atom. The van der Waals surface area contributed by atoms with Crippen LogP contribution < -0.4 is 9.05 Å². The molecular formula is C21H23N2O12P. The zero-order chi connectivity index (χ0) is 26.1. The van der Waals surface area contributed by atoms with Crippen LogP contribution in [0.3, 0.4) is 0 Å². The fourth-order valence-electron chi connectivity index (χ4n) is 3.73. The van der Waals surface area contributed by atoms with Crippen molar-refractivity contribution in [2.75, 3.05) is 13.7 Å². The van der Waals surface area contributed by atoms with Gasteiger partial charge in [0.05, 0.1) is 16.5 Å². The Kier molecular flexibility index (Phi) is 7.27. The fourth-order valence-corrected chi connectivity index (χ4v) is 5.04. The van der Waals surface area contributed by atoms with Crippen molar-refractivity contribution in [1.82, 2.24) is 0 Å². The second-order valence-electron chi connectivity index (χ2n) is 8.30. The summed E-state index contributed by atoms with van der Waals surface area (Å²) in [6.07, 6.45) is -3.29. The molecule has 0 aliphatic carbocycles. The second-order valence-corrected chi connectivity index (χ2v) is 9.77. The smallest absolute Gasteiger partial charge is 0.395 e. The first kappa shape index (κ1) is 25.9. The summed E-state index contributed by atoms with van der Waals surface area (Å²) in [7, 11) is -3.09. The molecular weight excluding hydrogens is 503 g/mol. The van der Waals surface area contributed by atoms with Crippen LogP contribution in [-0.2, 0) is 28.0 Å². The minimum atomic E-state index is -4.57. The minimum Gasteiger partial charge on any atom is -0.395 e. The molecule has 0 bridgehead atoms. The Morgan fingerprint density at radius 3 is 1.81 bits per heavy atom. The number of rotatable bonds is 10. The van der Waals surface area contributed by atoms with Crippen molar-refractivity contribution in [3.05, 3.63) is 68.8 Å². The summed E-state index contributed by atoms with van der Waals surface area (Å²) in [5.41, 5.74) is -0.421. The molecule has 4 rings (SSSR count). The lowest BCUT2D eigenvalue weighted by molar-refractivity contribution is -0.385. The highest BCUT2D eigenvalue weighted by Crippen LogP contribution is 2.54. The number of phosphoric acid groups is 1. The van der Waals surface area contributed by atoms with Crippen molar-refractivity contribution in [1.29, 1.82) is 0 Å². The van der Waals surface area contributed by atoms with Gasteiger partial charge in [0, 0.05) is 31.4 Å². The molecule has 194 valence electrons. The summed E-state index contributed by atoms with van der Waals surface area (Å²) in [5, 5.41) is 21.9. The van der Waals surface area contributed by atoms with Crippen molar-refractivity contribution in [2.24, 2.45) is 0 Å². The topological polar surface area (TPSA) is 168 Å². The molecule has 0 N–H and O–H groups in total. The van der Waals surface area contributed by atoms with Crippen molar-refractivity contribution in [3.63, 3.8) is 0 Å². The zero-order valence-electron chi connectivity index (χ0n) is 19.4. The number of nitro groups is 2. The largest absolute Gasteiger partial charge is 0.590 e. The van der Waals surface area contributed by atoms with E-state index in [1.807, 2.05) is 0 Å². The van der Waals surface area contributed by atoms with Crippen molar-refractivity contribution in [3.8, 4) is 11.5 Å². The molecule has 14 nitrogen and oxygen atoms in total. The van der Waals surface area contributed by atoms with Gasteiger partial charge in [0.1, 0.15) is 29.8 Å². The van der Waals surface area contributed by atoms with E-state index in [1.54, 1.807) is 13.8 Å². The summed E-state index contributed by atoms with van der Waals surface area (Å²) >= 11 is 0. The van der Waals surface area contributed by atoms with Crippen LogP contribution in [0.4, 0.5) is 11.4 Å². The van der Waals surface area contributed by atoms with E-state index in [-0.39, 0.29) is 29.5 Å². The molecule has 2 aliphatic rings. The molecule has 4 atom stereocenters. The average Bonchev–Trinajstić information content (AvgIpc) is 3.28. The predicted molar refractivity (Wildman–Crippen MR) is 121 cm³/mol. The minimum absolute atomic E-state index is 0.0576. The maximum atomic E-state index is 13.8. The molecule has 2 heterocycles. The molecule has 0 spiro atoms. The fraction of sp³-hybridized carbons (Fsp3) is 0.429. The van der Waals surface area contributed by atoms with E-state index in [9.17, 15) is 24.8 Å². The van der Waals surface area contributed by atoms with E-state index in [2.05, 4.69) is 0 Å². The molecule has 36 heavy (non-hydrogen) atoms. The monoisotopic (exact) mass is 526 g/mol. The predicted octanol–water partition coefficient (Wildman–Crippen LogP) is 3.98. The number of hydrogen-bond donors (Lipinski definition) is 0. The van der Waals surface area contributed by atoms with E-state index in [0.29, 0.717) is 0 Å². The summed E-state index contributed by atoms with van der Waals surface area (Å²) in [4.78, 5) is 20.7. The van der Waals surface area contributed by atoms with Gasteiger partial charge in [0.2, 0.25) is 6.29 Å². The molecule has 2 saturated heterocycles. The van der Waals surface area contributed by atoms with Gasteiger partial charge in [-0.1, -0.05) is 0 Å². The highest BCUT2D eigenvalue weighted by Gasteiger charge is 2.58. The maximum absolute atomic E-state index is 13.8. The maximum Gasteiger partial charge on any atom is 0.590 e. The van der Waals surface area contributed by atoms with E-state index in [0.717, 1.165) is 24.3 Å². The van der Waals surface area contributed by atoms with Gasteiger partial charge in [-0.25, -0.2) is 9.09 Å². The van der Waals surface area contributed by atoms with E-state index in [1.165, 1.54) is 31.4 Å². The third-order valence-electron chi connectivity index (χ3n) is 5.20. The van der Waals surface area contributed by atoms with Crippen molar-refractivity contribution in [2.45, 2.75) is 44.2 Å². The van der Waals surface area contributed by atoms with Gasteiger partial charge in [-0.15, -0.1) is 0 Å². The van der Waals surface area contributed by atoms with Crippen LogP contribution in [0.2, 0.25) is 0 Å². The molecule has 0 radical (unpaired) electrons. The highest BCUT2D eigenvalue weighted by atomic mass is 31.2. The van der Waals surface area contributed by atoms with Gasteiger partial charge in [0.25, 0.3) is 11.4 Å². The van der Waals surface area contributed by atoms with E-state index in [4.69, 9.17) is 32.5 Å². The average molecular weight is 526 g/mol. The van der Waals surface area contributed by atoms with Gasteiger partial charge in [0.15, 0.2) is 5.79 Å². The number of phosphoric ester groups is 1. The Labute approximate surface area is 204 Å². The molecule has 0 amide bonds. The van der Waals surface area contributed by atoms with Gasteiger partial charge in [-0.3, -0.25) is 20.2 Å². The van der Waals surface area contributed by atoms with Crippen LogP contribution in [0.15, 0.2) is 48.5 Å². The van der Waals surface area contributed by atoms with Crippen LogP contribution in [0.1, 0.15) is 13.8 Å². The zero-order valence-corrected chi connectivity index (χ0v) is 20.3. The molecule has 2 aromatic rings. The summed E-state index contributed by atoms with van der Waals surface area (Å²) < 4.78 is 53.3. The number of non-ortho nitro benzene ring substituents is 2. The number of benzene rings is 2. The number of methoxy groups -OCH3 is 1. The lowest BCUT2D eigenvalue weighted by Crippen LogP contribution is -2.32. The number of nitrogens with zero attached hydrogens (tertiary/aromatic N) is 2. The van der Waals surface area contributed by atoms with Crippen LogP contribution in [-0.4, -0.2) is 54.0 Å². The Hall–Kier alpha value is -3.13. The standard InChI is InChI=1S/C21H23N2O12P/c1-21(2)31-18-17(12-29-3)30-20(19(18)32-21)35-36(28,33-15-8-4-13(5-9-15)22(24)25)34-16-10-6-14(7-11-16)23(26)27/h4-11,17-20H,12H2,1-3H3/t17-,18-,19-,20+/m1/s1. The van der Waals surface area contributed by atoms with Crippen molar-refractivity contribution < 1.29 is 46.9 Å². The van der Waals surface area contributed by atoms with Crippen LogP contribution in [0.5, 0.6) is 11.5 Å². The first-order valence-electron chi connectivity index (χ1n) is 10.7. The Bertz CT molecular complexity index is 1090. The summed E-state index contributed by atoms with van der Waals surface area (Å²) in [6.45, 7) is 3.54. The van der Waals surface area contributed by atoms with Crippen LogP contribution >= 0.6 is 7.82 Å². The number of ether oxygens (including phenoxy) is 4. The second kappa shape index (κ2) is 10.1. The van der Waals surface area contributed by atoms with E-state index >= 15 is 0 Å². The first-order chi connectivity index (χ1) is 17.0. The Morgan fingerprint density at radius 2 is 1.36 bits per heavy atom. The molecule has 0 saturated carbocycles. The molecule has 0 aromatic heterocycles. The number of hydrogen-bond acceptors (Lipinski definition) is 12. The SMILES string of the molecule is COC[C@H]1O[C@@H](OP(=O)(Oc2ccc([N+](=O)[O-])cc2)Oc2ccc([N+](=O)[O-])cc2)[C@@H]2OC(C)(C)O[C@@H]21. The van der Waals surface area contributed by atoms with E-state index < -0.39 is 48.1 Å².